The predicted octanol–water partition coefficient (Wildman–Crippen LogP) is 2.45. The fourth-order valence-corrected chi connectivity index (χ4v) is 4.13. The van der Waals surface area contributed by atoms with Crippen LogP contribution >= 0.6 is 11.3 Å². The normalized spacial score (nSPS) is 13.7. The van der Waals surface area contributed by atoms with Gasteiger partial charge in [-0.05, 0) is 19.4 Å². The average molecular weight is 290 g/mol. The number of unbranched alkanes of at least 4 members (excludes halogenated alkanes) is 2. The van der Waals surface area contributed by atoms with Gasteiger partial charge >= 0.3 is 0 Å². The van der Waals surface area contributed by atoms with Crippen LogP contribution in [0, 0.1) is 0 Å². The van der Waals surface area contributed by atoms with Crippen molar-refractivity contribution in [2.75, 3.05) is 0 Å². The first-order valence-corrected chi connectivity index (χ1v) is 8.65. The van der Waals surface area contributed by atoms with Gasteiger partial charge in [-0.3, -0.25) is 0 Å². The van der Waals surface area contributed by atoms with Crippen molar-refractivity contribution in [2.45, 2.75) is 57.0 Å². The summed E-state index contributed by atoms with van der Waals surface area (Å²) in [4.78, 5) is 1.21. The van der Waals surface area contributed by atoms with E-state index in [4.69, 9.17) is 5.73 Å². The van der Waals surface area contributed by atoms with Gasteiger partial charge in [-0.1, -0.05) is 26.2 Å². The van der Waals surface area contributed by atoms with Gasteiger partial charge in [0.05, 0.1) is 4.90 Å². The van der Waals surface area contributed by atoms with E-state index in [1.54, 1.807) is 11.4 Å². The number of nitrogens with two attached hydrogens (primary N) is 1. The van der Waals surface area contributed by atoms with Crippen LogP contribution in [0.3, 0.4) is 0 Å². The largest absolute Gasteiger partial charge is 0.326 e. The Hall–Kier alpha value is -0.430. The van der Waals surface area contributed by atoms with Crippen LogP contribution in [0.25, 0.3) is 0 Å². The molecule has 18 heavy (non-hydrogen) atoms. The number of hydrogen-bond donors (Lipinski definition) is 2. The van der Waals surface area contributed by atoms with Gasteiger partial charge in [-0.2, -0.15) is 0 Å². The van der Waals surface area contributed by atoms with Crippen LogP contribution in [0.5, 0.6) is 0 Å². The van der Waals surface area contributed by atoms with Gasteiger partial charge in [0.15, 0.2) is 0 Å². The van der Waals surface area contributed by atoms with Crippen LogP contribution in [0.4, 0.5) is 0 Å². The first-order chi connectivity index (χ1) is 8.49. The van der Waals surface area contributed by atoms with E-state index in [0.29, 0.717) is 11.4 Å². The van der Waals surface area contributed by atoms with Crippen molar-refractivity contribution < 1.29 is 8.42 Å². The summed E-state index contributed by atoms with van der Waals surface area (Å²) in [7, 11) is -3.38. The topological polar surface area (TPSA) is 72.2 Å². The molecule has 0 fully saturated rings. The molecule has 1 unspecified atom stereocenters. The molecule has 0 aliphatic rings. The molecule has 0 spiro atoms. The lowest BCUT2D eigenvalue weighted by Crippen LogP contribution is -2.32. The predicted molar refractivity (Wildman–Crippen MR) is 76.1 cm³/mol. The second-order valence-electron chi connectivity index (χ2n) is 4.47. The Bertz CT molecular complexity index is 454. The minimum atomic E-state index is -3.38. The molecule has 1 aromatic rings. The van der Waals surface area contributed by atoms with E-state index < -0.39 is 10.0 Å². The summed E-state index contributed by atoms with van der Waals surface area (Å²) in [5, 5.41) is 1.64. The maximum atomic E-state index is 12.1. The van der Waals surface area contributed by atoms with Gasteiger partial charge in [-0.15, -0.1) is 11.3 Å². The van der Waals surface area contributed by atoms with Crippen molar-refractivity contribution in [1.82, 2.24) is 4.72 Å². The number of sulfonamides is 1. The highest BCUT2D eigenvalue weighted by molar-refractivity contribution is 7.89. The molecule has 0 aliphatic heterocycles. The highest BCUT2D eigenvalue weighted by Gasteiger charge is 2.18. The lowest BCUT2D eigenvalue weighted by molar-refractivity contribution is 0.527. The summed E-state index contributed by atoms with van der Waals surface area (Å²) < 4.78 is 26.8. The van der Waals surface area contributed by atoms with Gasteiger partial charge < -0.3 is 5.73 Å². The molecular formula is C12H22N2O2S2. The molecule has 4 nitrogen and oxygen atoms in total. The lowest BCUT2D eigenvalue weighted by atomic mass is 10.1. The Morgan fingerprint density at radius 2 is 2.17 bits per heavy atom. The van der Waals surface area contributed by atoms with Crippen LogP contribution in [0.1, 0.15) is 44.4 Å². The maximum absolute atomic E-state index is 12.1. The molecule has 0 saturated heterocycles. The van der Waals surface area contributed by atoms with Crippen molar-refractivity contribution >= 4 is 21.4 Å². The molecule has 1 heterocycles. The van der Waals surface area contributed by atoms with E-state index in [1.165, 1.54) is 11.3 Å². The minimum absolute atomic E-state index is 0.0252. The van der Waals surface area contributed by atoms with Gasteiger partial charge in [0.1, 0.15) is 0 Å². The van der Waals surface area contributed by atoms with E-state index in [0.717, 1.165) is 30.6 Å². The quantitative estimate of drug-likeness (QED) is 0.722. The molecule has 1 aromatic heterocycles. The van der Waals surface area contributed by atoms with Crippen LogP contribution in [-0.2, 0) is 16.6 Å². The smallest absolute Gasteiger partial charge is 0.241 e. The molecule has 0 aromatic carbocycles. The minimum Gasteiger partial charge on any atom is -0.326 e. The second-order valence-corrected chi connectivity index (χ2v) is 7.18. The Morgan fingerprint density at radius 3 is 2.72 bits per heavy atom. The number of rotatable bonds is 8. The lowest BCUT2D eigenvalue weighted by Gasteiger charge is -2.13. The Morgan fingerprint density at radius 1 is 1.44 bits per heavy atom. The molecule has 104 valence electrons. The SMILES string of the molecule is CCCCCC(C)NS(=O)(=O)c1csc(CN)c1. The Kier molecular flexibility index (Phi) is 6.28. The molecule has 0 radical (unpaired) electrons. The maximum Gasteiger partial charge on any atom is 0.241 e. The first-order valence-electron chi connectivity index (χ1n) is 6.29. The molecular weight excluding hydrogens is 268 g/mol. The highest BCUT2D eigenvalue weighted by Crippen LogP contribution is 2.19. The van der Waals surface area contributed by atoms with E-state index >= 15 is 0 Å². The summed E-state index contributed by atoms with van der Waals surface area (Å²) in [6.07, 6.45) is 4.21. The zero-order valence-electron chi connectivity index (χ0n) is 11.0. The van der Waals surface area contributed by atoms with Crippen LogP contribution in [0.2, 0.25) is 0 Å². The van der Waals surface area contributed by atoms with Gasteiger partial charge in [0.2, 0.25) is 10.0 Å². The third-order valence-electron chi connectivity index (χ3n) is 2.74. The third-order valence-corrected chi connectivity index (χ3v) is 5.42. The summed E-state index contributed by atoms with van der Waals surface area (Å²) in [5.74, 6) is 0. The third kappa shape index (κ3) is 4.68. The van der Waals surface area contributed by atoms with Crippen molar-refractivity contribution in [2.24, 2.45) is 5.73 Å². The zero-order valence-corrected chi connectivity index (χ0v) is 12.6. The molecule has 6 heteroatoms. The van der Waals surface area contributed by atoms with Crippen molar-refractivity contribution in [3.05, 3.63) is 16.3 Å². The molecule has 0 saturated carbocycles. The van der Waals surface area contributed by atoms with E-state index in [1.807, 2.05) is 6.92 Å². The standard InChI is InChI=1S/C12H22N2O2S2/c1-3-4-5-6-10(2)14-18(15,16)12-7-11(8-13)17-9-12/h7,9-10,14H,3-6,8,13H2,1-2H3. The molecule has 1 rings (SSSR count). The Balaban J connectivity index is 2.58. The van der Waals surface area contributed by atoms with E-state index in [9.17, 15) is 8.42 Å². The summed E-state index contributed by atoms with van der Waals surface area (Å²) in [6.45, 7) is 4.42. The molecule has 0 aliphatic carbocycles. The Labute approximate surface area is 114 Å². The van der Waals surface area contributed by atoms with Crippen LogP contribution < -0.4 is 10.5 Å². The number of thiophene rings is 1. The van der Waals surface area contributed by atoms with Crippen LogP contribution in [0.15, 0.2) is 16.3 Å². The van der Waals surface area contributed by atoms with Crippen molar-refractivity contribution in [3.63, 3.8) is 0 Å². The zero-order chi connectivity index (χ0) is 13.6. The van der Waals surface area contributed by atoms with Gasteiger partial charge in [0.25, 0.3) is 0 Å². The fourth-order valence-electron chi connectivity index (χ4n) is 1.70. The first kappa shape index (κ1) is 15.6. The van der Waals surface area contributed by atoms with E-state index in [2.05, 4.69) is 11.6 Å². The monoisotopic (exact) mass is 290 g/mol. The van der Waals surface area contributed by atoms with Gasteiger partial charge in [-0.25, -0.2) is 13.1 Å². The summed E-state index contributed by atoms with van der Waals surface area (Å²) in [6, 6.07) is 1.62. The van der Waals surface area contributed by atoms with Crippen molar-refractivity contribution in [3.8, 4) is 0 Å². The summed E-state index contributed by atoms with van der Waals surface area (Å²) >= 11 is 1.38. The number of nitrogens with one attached hydrogen (secondary N) is 1. The van der Waals surface area contributed by atoms with Gasteiger partial charge in [0, 0.05) is 22.8 Å². The van der Waals surface area contributed by atoms with E-state index in [-0.39, 0.29) is 6.04 Å². The molecule has 3 N–H and O–H groups in total. The summed E-state index contributed by atoms with van der Waals surface area (Å²) in [5.41, 5.74) is 5.48. The fraction of sp³-hybridized carbons (Fsp3) is 0.667. The molecule has 0 bridgehead atoms. The molecule has 1 atom stereocenters. The average Bonchev–Trinajstić information content (AvgIpc) is 2.78. The van der Waals surface area contributed by atoms with Crippen LogP contribution in [-0.4, -0.2) is 14.5 Å². The highest BCUT2D eigenvalue weighted by atomic mass is 32.2. The molecule has 0 amide bonds. The number of hydrogen-bond acceptors (Lipinski definition) is 4. The van der Waals surface area contributed by atoms with Crippen molar-refractivity contribution in [1.29, 1.82) is 0 Å². The second kappa shape index (κ2) is 7.23.